The summed E-state index contributed by atoms with van der Waals surface area (Å²) in [5.74, 6) is -0.236. The van der Waals surface area contributed by atoms with Crippen molar-refractivity contribution in [3.05, 3.63) is 32.7 Å². The minimum atomic E-state index is -1.51. The van der Waals surface area contributed by atoms with Crippen molar-refractivity contribution in [2.75, 3.05) is 6.61 Å². The molecule has 11 nitrogen and oxygen atoms in total. The Kier molecular flexibility index (Phi) is 3.66. The summed E-state index contributed by atoms with van der Waals surface area (Å²) in [5, 5.41) is 39.8. The number of hydrogen-bond acceptors (Lipinski definition) is 8. The Hall–Kier alpha value is -2.65. The van der Waals surface area contributed by atoms with Crippen LogP contribution in [0.25, 0.3) is 11.5 Å². The molecule has 1 fully saturated rings. The number of fused-ring (bicyclic) bond motifs is 1. The predicted molar refractivity (Wildman–Crippen MR) is 69.7 cm³/mol. The maximum Gasteiger partial charge on any atom is 0.349 e. The maximum atomic E-state index is 11.8. The van der Waals surface area contributed by atoms with Gasteiger partial charge in [0.2, 0.25) is 0 Å². The van der Waals surface area contributed by atoms with Crippen molar-refractivity contribution in [1.82, 2.24) is 19.5 Å². The van der Waals surface area contributed by atoms with Gasteiger partial charge in [-0.05, 0) is 0 Å². The first-order chi connectivity index (χ1) is 11.0. The van der Waals surface area contributed by atoms with Crippen LogP contribution in [0.5, 0.6) is 0 Å². The number of aliphatic hydroxyl groups is 2. The molecule has 0 saturated carbocycles. The van der Waals surface area contributed by atoms with E-state index < -0.39 is 42.4 Å². The minimum absolute atomic E-state index is 0.195. The number of nitrogens with one attached hydrogen (secondary N) is 1. The lowest BCUT2D eigenvalue weighted by atomic mass is 10.1. The molecule has 0 aromatic rings. The van der Waals surface area contributed by atoms with Gasteiger partial charge in [0.15, 0.2) is 23.4 Å². The molecule has 0 aromatic heterocycles. The molecule has 0 amide bonds. The third-order valence-corrected chi connectivity index (χ3v) is 3.48. The number of H-pyrrole nitrogens is 1. The summed E-state index contributed by atoms with van der Waals surface area (Å²) in [6.45, 7) is -0.801. The van der Waals surface area contributed by atoms with E-state index in [9.17, 15) is 24.9 Å². The molecule has 119 valence electrons. The zero-order valence-corrected chi connectivity index (χ0v) is 11.4. The Morgan fingerprint density at radius 2 is 2.09 bits per heavy atom. The number of aromatic nitrogens is 4. The SMILES string of the molecule is N#Cc1cn([C@H]2O[C@H](C[O])[C@@H](O)[C@H]2O)c2nc(=O)[nH]c(=O)c-2n1. The molecule has 3 aliphatic rings. The second kappa shape index (κ2) is 5.52. The normalized spacial score (nSPS) is 27.2. The molecule has 0 aromatic carbocycles. The Morgan fingerprint density at radius 3 is 2.70 bits per heavy atom. The average molecular weight is 320 g/mol. The van der Waals surface area contributed by atoms with E-state index in [1.165, 1.54) is 0 Å². The highest BCUT2D eigenvalue weighted by molar-refractivity contribution is 5.50. The molecule has 1 saturated heterocycles. The first-order valence-corrected chi connectivity index (χ1v) is 6.49. The summed E-state index contributed by atoms with van der Waals surface area (Å²) in [4.78, 5) is 32.5. The predicted octanol–water partition coefficient (Wildman–Crippen LogP) is -2.65. The van der Waals surface area contributed by atoms with Crippen LogP contribution in [-0.2, 0) is 9.84 Å². The summed E-state index contributed by atoms with van der Waals surface area (Å²) >= 11 is 0. The average Bonchev–Trinajstić information content (AvgIpc) is 2.82. The van der Waals surface area contributed by atoms with Gasteiger partial charge in [-0.3, -0.25) is 14.3 Å². The third kappa shape index (κ3) is 2.39. The Morgan fingerprint density at radius 1 is 1.35 bits per heavy atom. The van der Waals surface area contributed by atoms with Crippen LogP contribution in [0.4, 0.5) is 0 Å². The van der Waals surface area contributed by atoms with E-state index in [-0.39, 0.29) is 17.2 Å². The fourth-order valence-electron chi connectivity index (χ4n) is 2.40. The summed E-state index contributed by atoms with van der Waals surface area (Å²) in [6.07, 6.45) is -4.32. The second-order valence-electron chi connectivity index (χ2n) is 4.90. The number of rotatable bonds is 2. The van der Waals surface area contributed by atoms with E-state index in [2.05, 4.69) is 9.97 Å². The quantitative estimate of drug-likeness (QED) is 0.537. The van der Waals surface area contributed by atoms with Gasteiger partial charge in [-0.2, -0.15) is 10.2 Å². The zero-order valence-electron chi connectivity index (χ0n) is 11.4. The fraction of sp³-hybridized carbons (Fsp3) is 0.417. The molecule has 0 aliphatic carbocycles. The van der Waals surface area contributed by atoms with E-state index in [0.29, 0.717) is 0 Å². The van der Waals surface area contributed by atoms with Crippen LogP contribution >= 0.6 is 0 Å². The van der Waals surface area contributed by atoms with Crippen LogP contribution in [-0.4, -0.2) is 54.7 Å². The van der Waals surface area contributed by atoms with Gasteiger partial charge < -0.3 is 14.9 Å². The number of aromatic amines is 1. The molecule has 1 radical (unpaired) electrons. The first-order valence-electron chi connectivity index (χ1n) is 6.49. The fourth-order valence-corrected chi connectivity index (χ4v) is 2.40. The molecule has 11 heteroatoms. The van der Waals surface area contributed by atoms with E-state index in [1.54, 1.807) is 6.07 Å². The molecule has 0 bridgehead atoms. The Balaban J connectivity index is 2.23. The van der Waals surface area contributed by atoms with E-state index >= 15 is 0 Å². The van der Waals surface area contributed by atoms with Gasteiger partial charge in [-0.1, -0.05) is 0 Å². The number of nitriles is 1. The summed E-state index contributed by atoms with van der Waals surface area (Å²) in [7, 11) is 0. The van der Waals surface area contributed by atoms with Crippen molar-refractivity contribution in [2.24, 2.45) is 0 Å². The minimum Gasteiger partial charge on any atom is -0.387 e. The molecule has 0 unspecified atom stereocenters. The summed E-state index contributed by atoms with van der Waals surface area (Å²) in [5.41, 5.74) is -2.31. The molecule has 23 heavy (non-hydrogen) atoms. The van der Waals surface area contributed by atoms with Crippen molar-refractivity contribution in [3.63, 3.8) is 0 Å². The molecule has 3 aliphatic heterocycles. The molecular weight excluding hydrogens is 310 g/mol. The van der Waals surface area contributed by atoms with Gasteiger partial charge in [-0.15, -0.1) is 0 Å². The molecular formula is C12H10N5O6. The van der Waals surface area contributed by atoms with E-state index in [4.69, 9.17) is 10.00 Å². The molecule has 3 N–H and O–H groups in total. The topological polar surface area (TPSA) is 174 Å². The van der Waals surface area contributed by atoms with Crippen LogP contribution in [0.3, 0.4) is 0 Å². The van der Waals surface area contributed by atoms with Crippen molar-refractivity contribution >= 4 is 0 Å². The highest BCUT2D eigenvalue weighted by Crippen LogP contribution is 2.31. The van der Waals surface area contributed by atoms with Crippen LogP contribution in [0, 0.1) is 11.3 Å². The number of ether oxygens (including phenoxy) is 1. The summed E-state index contributed by atoms with van der Waals surface area (Å²) < 4.78 is 6.31. The van der Waals surface area contributed by atoms with Gasteiger partial charge in [0.25, 0.3) is 5.56 Å². The molecule has 0 spiro atoms. The van der Waals surface area contributed by atoms with Crippen LogP contribution in [0.15, 0.2) is 15.8 Å². The van der Waals surface area contributed by atoms with Crippen molar-refractivity contribution in [2.45, 2.75) is 24.5 Å². The smallest absolute Gasteiger partial charge is 0.349 e. The van der Waals surface area contributed by atoms with Gasteiger partial charge >= 0.3 is 5.69 Å². The Labute approximate surface area is 127 Å². The number of aliphatic hydroxyl groups excluding tert-OH is 2. The standard InChI is InChI=1S/C12H10N5O6/c13-1-4-2-17(11-8(20)7(19)5(3-18)23-11)9-6(14-4)10(21)16-12(22)15-9/h2,5,7-8,11,19-20H,3H2,(H,16,21,22)/t5-,7-,8-,11+/m1/s1. The molecule has 4 atom stereocenters. The first kappa shape index (κ1) is 15.3. The second-order valence-corrected chi connectivity index (χ2v) is 4.90. The Bertz CT molecular complexity index is 870. The van der Waals surface area contributed by atoms with Crippen molar-refractivity contribution in [1.29, 1.82) is 5.26 Å². The highest BCUT2D eigenvalue weighted by Gasteiger charge is 2.44. The number of nitrogens with zero attached hydrogens (tertiary/aromatic N) is 4. The van der Waals surface area contributed by atoms with Crippen molar-refractivity contribution in [3.8, 4) is 17.6 Å². The third-order valence-electron chi connectivity index (χ3n) is 3.48. The largest absolute Gasteiger partial charge is 0.387 e. The van der Waals surface area contributed by atoms with Gasteiger partial charge in [-0.25, -0.2) is 14.9 Å². The van der Waals surface area contributed by atoms with Crippen LogP contribution in [0.2, 0.25) is 0 Å². The molecule has 3 rings (SSSR count). The lowest BCUT2D eigenvalue weighted by Gasteiger charge is -2.21. The van der Waals surface area contributed by atoms with Gasteiger partial charge in [0.05, 0.1) is 0 Å². The lowest BCUT2D eigenvalue weighted by molar-refractivity contribution is -0.0636. The van der Waals surface area contributed by atoms with E-state index in [1.807, 2.05) is 4.98 Å². The monoisotopic (exact) mass is 320 g/mol. The number of hydrogen-bond donors (Lipinski definition) is 3. The highest BCUT2D eigenvalue weighted by atomic mass is 16.6. The van der Waals surface area contributed by atoms with Crippen LogP contribution < -0.4 is 11.2 Å². The zero-order chi connectivity index (χ0) is 16.7. The maximum absolute atomic E-state index is 11.8. The van der Waals surface area contributed by atoms with Crippen molar-refractivity contribution < 1.29 is 20.1 Å². The van der Waals surface area contributed by atoms with Gasteiger partial charge in [0, 0.05) is 6.20 Å². The van der Waals surface area contributed by atoms with E-state index in [0.717, 1.165) is 10.8 Å². The molecule has 3 heterocycles. The van der Waals surface area contributed by atoms with Crippen LogP contribution in [0.1, 0.15) is 11.9 Å². The lowest BCUT2D eigenvalue weighted by Crippen LogP contribution is -2.34. The van der Waals surface area contributed by atoms with Gasteiger partial charge in [0.1, 0.15) is 31.0 Å². The summed E-state index contributed by atoms with van der Waals surface area (Å²) in [6, 6.07) is 1.72.